The van der Waals surface area contributed by atoms with E-state index in [0.717, 1.165) is 13.1 Å². The van der Waals surface area contributed by atoms with E-state index in [9.17, 15) is 4.79 Å². The van der Waals surface area contributed by atoms with Crippen LogP contribution in [0.3, 0.4) is 0 Å². The molecule has 1 amide bonds. The molecule has 0 radical (unpaired) electrons. The number of nitrogens with zero attached hydrogens (tertiary/aromatic N) is 4. The number of hydrogen-bond acceptors (Lipinski definition) is 4. The van der Waals surface area contributed by atoms with E-state index in [0.29, 0.717) is 24.1 Å². The van der Waals surface area contributed by atoms with Crippen LogP contribution < -0.4 is 5.32 Å². The summed E-state index contributed by atoms with van der Waals surface area (Å²) in [6.45, 7) is 4.34. The number of hydrogen-bond donors (Lipinski definition) is 1. The van der Waals surface area contributed by atoms with Gasteiger partial charge in [0.1, 0.15) is 5.69 Å². The van der Waals surface area contributed by atoms with Crippen molar-refractivity contribution in [1.29, 1.82) is 0 Å². The Balaban J connectivity index is 1.83. The summed E-state index contributed by atoms with van der Waals surface area (Å²) in [6.07, 6.45) is 3.50. The highest BCUT2D eigenvalue weighted by Crippen LogP contribution is 2.09. The first-order valence-corrected chi connectivity index (χ1v) is 6.74. The van der Waals surface area contributed by atoms with Crippen molar-refractivity contribution in [3.63, 3.8) is 0 Å². The molecule has 104 valence electrons. The standard InChI is InChI=1S/C14H17N5O/c1-11-10-18(9-7-15-11)14(20)12-4-2-5-13(17-12)19-8-3-6-16-19/h2-6,8,11,15H,7,9-10H2,1H3. The highest BCUT2D eigenvalue weighted by Gasteiger charge is 2.22. The second-order valence-corrected chi connectivity index (χ2v) is 4.94. The Kier molecular flexibility index (Phi) is 3.47. The van der Waals surface area contributed by atoms with Gasteiger partial charge in [-0.3, -0.25) is 4.79 Å². The van der Waals surface area contributed by atoms with Crippen LogP contribution in [-0.2, 0) is 0 Å². The second kappa shape index (κ2) is 5.42. The fourth-order valence-electron chi connectivity index (χ4n) is 2.35. The van der Waals surface area contributed by atoms with E-state index in [1.165, 1.54) is 0 Å². The predicted octanol–water partition coefficient (Wildman–Crippen LogP) is 0.701. The van der Waals surface area contributed by atoms with Crippen molar-refractivity contribution in [2.24, 2.45) is 0 Å². The molecule has 1 aliphatic rings. The molecule has 2 aromatic heterocycles. The smallest absolute Gasteiger partial charge is 0.272 e. The molecule has 0 aromatic carbocycles. The van der Waals surface area contributed by atoms with Crippen LogP contribution in [0.5, 0.6) is 0 Å². The van der Waals surface area contributed by atoms with E-state index in [4.69, 9.17) is 0 Å². The van der Waals surface area contributed by atoms with Gasteiger partial charge in [-0.15, -0.1) is 0 Å². The summed E-state index contributed by atoms with van der Waals surface area (Å²) in [7, 11) is 0. The minimum atomic E-state index is -0.0210. The first-order valence-electron chi connectivity index (χ1n) is 6.74. The predicted molar refractivity (Wildman–Crippen MR) is 74.7 cm³/mol. The zero-order valence-electron chi connectivity index (χ0n) is 11.4. The Labute approximate surface area is 117 Å². The molecule has 1 unspecified atom stereocenters. The first-order chi connectivity index (χ1) is 9.74. The van der Waals surface area contributed by atoms with Crippen molar-refractivity contribution < 1.29 is 4.79 Å². The van der Waals surface area contributed by atoms with E-state index in [-0.39, 0.29) is 5.91 Å². The maximum Gasteiger partial charge on any atom is 0.272 e. The summed E-state index contributed by atoms with van der Waals surface area (Å²) < 4.78 is 1.65. The maximum atomic E-state index is 12.5. The van der Waals surface area contributed by atoms with Gasteiger partial charge in [0.25, 0.3) is 5.91 Å². The average molecular weight is 271 g/mol. The van der Waals surface area contributed by atoms with Gasteiger partial charge >= 0.3 is 0 Å². The lowest BCUT2D eigenvalue weighted by Gasteiger charge is -2.31. The van der Waals surface area contributed by atoms with E-state index >= 15 is 0 Å². The number of aromatic nitrogens is 3. The summed E-state index contributed by atoms with van der Waals surface area (Å²) in [6, 6.07) is 7.57. The lowest BCUT2D eigenvalue weighted by atomic mass is 10.2. The number of carbonyl (C=O) groups excluding carboxylic acids is 1. The molecule has 1 atom stereocenters. The fraction of sp³-hybridized carbons (Fsp3) is 0.357. The summed E-state index contributed by atoms with van der Waals surface area (Å²) in [5, 5.41) is 7.45. The minimum absolute atomic E-state index is 0.0210. The zero-order valence-corrected chi connectivity index (χ0v) is 11.4. The largest absolute Gasteiger partial charge is 0.334 e. The third-order valence-corrected chi connectivity index (χ3v) is 3.35. The van der Waals surface area contributed by atoms with Gasteiger partial charge in [-0.2, -0.15) is 5.10 Å². The monoisotopic (exact) mass is 271 g/mol. The Morgan fingerprint density at radius 2 is 2.30 bits per heavy atom. The number of amides is 1. The molecular formula is C14H17N5O. The molecule has 20 heavy (non-hydrogen) atoms. The molecule has 0 spiro atoms. The summed E-state index contributed by atoms with van der Waals surface area (Å²) in [5.41, 5.74) is 0.465. The van der Waals surface area contributed by atoms with Crippen LogP contribution in [0.2, 0.25) is 0 Å². The molecule has 1 saturated heterocycles. The normalized spacial score (nSPS) is 19.1. The van der Waals surface area contributed by atoms with Crippen molar-refractivity contribution in [2.45, 2.75) is 13.0 Å². The zero-order chi connectivity index (χ0) is 13.9. The molecule has 0 bridgehead atoms. The van der Waals surface area contributed by atoms with Crippen LogP contribution in [0.25, 0.3) is 5.82 Å². The van der Waals surface area contributed by atoms with Gasteiger partial charge in [-0.1, -0.05) is 6.07 Å². The number of pyridine rings is 1. The molecule has 1 fully saturated rings. The Morgan fingerprint density at radius 1 is 1.40 bits per heavy atom. The van der Waals surface area contributed by atoms with E-state index in [1.54, 1.807) is 16.9 Å². The number of nitrogens with one attached hydrogen (secondary N) is 1. The quantitative estimate of drug-likeness (QED) is 0.873. The topological polar surface area (TPSA) is 63.1 Å². The summed E-state index contributed by atoms with van der Waals surface area (Å²) >= 11 is 0. The lowest BCUT2D eigenvalue weighted by molar-refractivity contribution is 0.0703. The third kappa shape index (κ3) is 2.55. The summed E-state index contributed by atoms with van der Waals surface area (Å²) in [5.74, 6) is 0.636. The van der Waals surface area contributed by atoms with Gasteiger partial charge in [0.15, 0.2) is 5.82 Å². The Hall–Kier alpha value is -2.21. The molecule has 1 N–H and O–H groups in total. The maximum absolute atomic E-state index is 12.5. The molecule has 3 heterocycles. The van der Waals surface area contributed by atoms with Gasteiger partial charge in [0.05, 0.1) is 0 Å². The van der Waals surface area contributed by atoms with E-state index in [1.807, 2.05) is 29.3 Å². The molecule has 0 saturated carbocycles. The van der Waals surface area contributed by atoms with Gasteiger partial charge in [-0.05, 0) is 25.1 Å². The molecule has 0 aliphatic carbocycles. The van der Waals surface area contributed by atoms with Gasteiger partial charge in [0.2, 0.25) is 0 Å². The van der Waals surface area contributed by atoms with Crippen molar-refractivity contribution >= 4 is 5.91 Å². The van der Waals surface area contributed by atoms with Crippen molar-refractivity contribution in [2.75, 3.05) is 19.6 Å². The highest BCUT2D eigenvalue weighted by molar-refractivity contribution is 5.92. The van der Waals surface area contributed by atoms with Crippen molar-refractivity contribution in [3.05, 3.63) is 42.4 Å². The number of rotatable bonds is 2. The SMILES string of the molecule is CC1CN(C(=O)c2cccc(-n3cccn3)n2)CCN1. The van der Waals surface area contributed by atoms with Crippen molar-refractivity contribution in [1.82, 2.24) is 25.0 Å². The average Bonchev–Trinajstić information content (AvgIpc) is 3.01. The highest BCUT2D eigenvalue weighted by atomic mass is 16.2. The molecular weight excluding hydrogens is 254 g/mol. The molecule has 3 rings (SSSR count). The van der Waals surface area contributed by atoms with Crippen molar-refractivity contribution in [3.8, 4) is 5.82 Å². The molecule has 1 aliphatic heterocycles. The summed E-state index contributed by atoms with van der Waals surface area (Å²) in [4.78, 5) is 18.7. The van der Waals surface area contributed by atoms with Crippen LogP contribution >= 0.6 is 0 Å². The minimum Gasteiger partial charge on any atom is -0.334 e. The van der Waals surface area contributed by atoms with Gasteiger partial charge in [-0.25, -0.2) is 9.67 Å². The van der Waals surface area contributed by atoms with Crippen LogP contribution in [0.1, 0.15) is 17.4 Å². The van der Waals surface area contributed by atoms with Crippen LogP contribution in [0.15, 0.2) is 36.7 Å². The third-order valence-electron chi connectivity index (χ3n) is 3.35. The fourth-order valence-corrected chi connectivity index (χ4v) is 2.35. The van der Waals surface area contributed by atoms with Crippen LogP contribution in [0, 0.1) is 0 Å². The molecule has 6 heteroatoms. The Bertz CT molecular complexity index is 595. The van der Waals surface area contributed by atoms with Gasteiger partial charge in [0, 0.05) is 38.1 Å². The van der Waals surface area contributed by atoms with Crippen LogP contribution in [0.4, 0.5) is 0 Å². The first kappa shape index (κ1) is 12.8. The number of piperazine rings is 1. The van der Waals surface area contributed by atoms with E-state index < -0.39 is 0 Å². The second-order valence-electron chi connectivity index (χ2n) is 4.94. The lowest BCUT2D eigenvalue weighted by Crippen LogP contribution is -2.51. The molecule has 2 aromatic rings. The van der Waals surface area contributed by atoms with E-state index in [2.05, 4.69) is 22.3 Å². The number of carbonyl (C=O) groups is 1. The van der Waals surface area contributed by atoms with Gasteiger partial charge < -0.3 is 10.2 Å². The molecule has 6 nitrogen and oxygen atoms in total. The Morgan fingerprint density at radius 3 is 3.05 bits per heavy atom. The van der Waals surface area contributed by atoms with Crippen LogP contribution in [-0.4, -0.2) is 51.2 Å².